The molecule has 0 spiro atoms. The second-order valence-electron chi connectivity index (χ2n) is 2.08. The summed E-state index contributed by atoms with van der Waals surface area (Å²) < 4.78 is 36.9. The molecule has 0 aliphatic heterocycles. The number of aryl methyl sites for hydroxylation is 1. The van der Waals surface area contributed by atoms with Crippen LogP contribution in [0.15, 0.2) is 6.20 Å². The molecule has 8 heteroatoms. The second kappa shape index (κ2) is 4.48. The van der Waals surface area contributed by atoms with Gasteiger partial charge in [-0.25, -0.2) is 0 Å². The summed E-state index contributed by atoms with van der Waals surface area (Å²) in [5, 5.41) is 3.02. The normalized spacial score (nSPS) is 11.1. The largest absolute Gasteiger partial charge is 1.00 e. The third kappa shape index (κ3) is 2.75. The summed E-state index contributed by atoms with van der Waals surface area (Å²) in [6.45, 7) is -5.05. The number of aromatic nitrogens is 2. The Hall–Kier alpha value is 0.991. The smallest absolute Gasteiger partial charge is 0.444 e. The Kier molecular flexibility index (Phi) is 4.85. The zero-order chi connectivity index (χ0) is 8.65. The van der Waals surface area contributed by atoms with Crippen molar-refractivity contribution in [2.24, 2.45) is 7.05 Å². The van der Waals surface area contributed by atoms with Crippen LogP contribution in [-0.4, -0.2) is 16.8 Å². The Morgan fingerprint density at radius 2 is 2.00 bits per heavy atom. The predicted molar refractivity (Wildman–Crippen MR) is 36.9 cm³/mol. The van der Waals surface area contributed by atoms with Crippen LogP contribution in [0.1, 0.15) is 0 Å². The summed E-state index contributed by atoms with van der Waals surface area (Å²) in [6, 6.07) is 0. The Morgan fingerprint density at radius 1 is 1.50 bits per heavy atom. The van der Waals surface area contributed by atoms with Gasteiger partial charge < -0.3 is 17.6 Å². The number of hydrogen-bond acceptors (Lipinski definition) is 1. The van der Waals surface area contributed by atoms with Crippen molar-refractivity contribution in [1.29, 1.82) is 0 Å². The van der Waals surface area contributed by atoms with Crippen LogP contribution in [0.2, 0.25) is 5.02 Å². The van der Waals surface area contributed by atoms with E-state index in [0.717, 1.165) is 10.9 Å². The summed E-state index contributed by atoms with van der Waals surface area (Å²) in [5.74, 6) is 0. The average Bonchev–Trinajstić information content (AvgIpc) is 2.08. The molecular formula is C4H4BClF3KN2. The third-order valence-electron chi connectivity index (χ3n) is 1.25. The van der Waals surface area contributed by atoms with Crippen molar-refractivity contribution in [3.05, 3.63) is 11.2 Å². The number of hydrogen-bond donors (Lipinski definition) is 0. The minimum atomic E-state index is -5.05. The van der Waals surface area contributed by atoms with Crippen molar-refractivity contribution in [1.82, 2.24) is 9.78 Å². The van der Waals surface area contributed by atoms with Crippen LogP contribution in [0.5, 0.6) is 0 Å². The predicted octanol–water partition coefficient (Wildman–Crippen LogP) is -1.87. The van der Waals surface area contributed by atoms with Crippen LogP contribution >= 0.6 is 11.6 Å². The summed E-state index contributed by atoms with van der Waals surface area (Å²) >= 11 is 5.24. The van der Waals surface area contributed by atoms with Gasteiger partial charge in [-0.15, -0.1) is 0 Å². The molecule has 0 aliphatic carbocycles. The van der Waals surface area contributed by atoms with E-state index < -0.39 is 12.6 Å². The van der Waals surface area contributed by atoms with Crippen molar-refractivity contribution in [3.8, 4) is 0 Å². The van der Waals surface area contributed by atoms with Crippen LogP contribution < -0.4 is 57.0 Å². The van der Waals surface area contributed by atoms with Crippen LogP contribution in [-0.2, 0) is 7.05 Å². The van der Waals surface area contributed by atoms with Crippen molar-refractivity contribution >= 4 is 24.2 Å². The first-order valence-electron chi connectivity index (χ1n) is 2.80. The van der Waals surface area contributed by atoms with Gasteiger partial charge in [0.2, 0.25) is 0 Å². The van der Waals surface area contributed by atoms with Crippen LogP contribution in [0.4, 0.5) is 12.9 Å². The van der Waals surface area contributed by atoms with E-state index in [-0.39, 0.29) is 56.4 Å². The van der Waals surface area contributed by atoms with E-state index in [4.69, 9.17) is 11.6 Å². The van der Waals surface area contributed by atoms with Crippen molar-refractivity contribution in [2.75, 3.05) is 0 Å². The maximum atomic E-state index is 12.1. The van der Waals surface area contributed by atoms with Gasteiger partial charge in [-0.3, -0.25) is 0 Å². The molecule has 62 valence electrons. The first kappa shape index (κ1) is 13.0. The molecule has 0 fully saturated rings. The van der Waals surface area contributed by atoms with Gasteiger partial charge in [-0.05, 0) is 5.59 Å². The van der Waals surface area contributed by atoms with E-state index in [1.165, 1.54) is 7.05 Å². The van der Waals surface area contributed by atoms with Gasteiger partial charge in [0.1, 0.15) is 0 Å². The average molecular weight is 222 g/mol. The van der Waals surface area contributed by atoms with Gasteiger partial charge in [0, 0.05) is 7.05 Å². The minimum Gasteiger partial charge on any atom is -0.444 e. The van der Waals surface area contributed by atoms with Gasteiger partial charge in [0.15, 0.2) is 0 Å². The van der Waals surface area contributed by atoms with E-state index in [9.17, 15) is 12.9 Å². The van der Waals surface area contributed by atoms with Gasteiger partial charge in [0.05, 0.1) is 11.2 Å². The fraction of sp³-hybridized carbons (Fsp3) is 0.250. The zero-order valence-electron chi connectivity index (χ0n) is 6.56. The fourth-order valence-corrected chi connectivity index (χ4v) is 1.08. The molecular weight excluding hydrogens is 218 g/mol. The number of rotatable bonds is 1. The molecule has 1 rings (SSSR count). The van der Waals surface area contributed by atoms with E-state index in [0.29, 0.717) is 0 Å². The van der Waals surface area contributed by atoms with Crippen molar-refractivity contribution in [3.63, 3.8) is 0 Å². The van der Waals surface area contributed by atoms with E-state index >= 15 is 0 Å². The van der Waals surface area contributed by atoms with Gasteiger partial charge in [-0.2, -0.15) is 5.10 Å². The molecule has 1 aromatic rings. The summed E-state index contributed by atoms with van der Waals surface area (Å²) in [6.07, 6.45) is 0.978. The maximum Gasteiger partial charge on any atom is 1.00 e. The molecule has 0 saturated heterocycles. The summed E-state index contributed by atoms with van der Waals surface area (Å²) in [4.78, 5) is 0. The zero-order valence-corrected chi connectivity index (χ0v) is 10.4. The molecule has 0 aromatic carbocycles. The molecule has 1 aromatic heterocycles. The van der Waals surface area contributed by atoms with Crippen LogP contribution in [0.25, 0.3) is 0 Å². The Bertz CT molecular complexity index is 254. The van der Waals surface area contributed by atoms with E-state index in [1.54, 1.807) is 0 Å². The van der Waals surface area contributed by atoms with Gasteiger partial charge in [-0.1, -0.05) is 11.6 Å². The topological polar surface area (TPSA) is 17.8 Å². The van der Waals surface area contributed by atoms with Gasteiger partial charge in [0.25, 0.3) is 0 Å². The van der Waals surface area contributed by atoms with Gasteiger partial charge >= 0.3 is 58.4 Å². The van der Waals surface area contributed by atoms with Crippen molar-refractivity contribution < 1.29 is 64.3 Å². The Balaban J connectivity index is 0.00000121. The molecule has 12 heavy (non-hydrogen) atoms. The fourth-order valence-electron chi connectivity index (χ4n) is 0.788. The minimum absolute atomic E-state index is 0. The number of nitrogens with zero attached hydrogens (tertiary/aromatic N) is 2. The SMILES string of the molecule is Cn1ncc(Cl)c1[B-](F)(F)F.[K+]. The third-order valence-corrected chi connectivity index (χ3v) is 1.54. The molecule has 0 atom stereocenters. The first-order valence-corrected chi connectivity index (χ1v) is 3.18. The number of halogens is 4. The first-order chi connectivity index (χ1) is 4.93. The second-order valence-corrected chi connectivity index (χ2v) is 2.48. The molecule has 0 radical (unpaired) electrons. The summed E-state index contributed by atoms with van der Waals surface area (Å²) in [7, 11) is 1.20. The van der Waals surface area contributed by atoms with E-state index in [2.05, 4.69) is 5.10 Å². The van der Waals surface area contributed by atoms with Crippen LogP contribution in [0.3, 0.4) is 0 Å². The molecule has 0 saturated carbocycles. The molecule has 0 N–H and O–H groups in total. The summed E-state index contributed by atoms with van der Waals surface area (Å²) in [5.41, 5.74) is -0.855. The molecule has 1 heterocycles. The molecule has 0 bridgehead atoms. The molecule has 2 nitrogen and oxygen atoms in total. The molecule has 0 aliphatic rings. The molecule has 0 unspecified atom stereocenters. The monoisotopic (exact) mass is 222 g/mol. The Labute approximate surface area is 115 Å². The standard InChI is InChI=1S/C4H4BClF3N2.K/c1-11-4(5(7,8)9)3(6)2-10-11;/h2H,1H3;/q-1;+1. The van der Waals surface area contributed by atoms with Crippen molar-refractivity contribution in [2.45, 2.75) is 0 Å². The quantitative estimate of drug-likeness (QED) is 0.509. The maximum absolute atomic E-state index is 12.1. The molecule has 0 amide bonds. The Morgan fingerprint density at radius 3 is 2.17 bits per heavy atom. The van der Waals surface area contributed by atoms with E-state index in [1.807, 2.05) is 0 Å². The van der Waals surface area contributed by atoms with Crippen LogP contribution in [0, 0.1) is 0 Å².